The van der Waals surface area contributed by atoms with Crippen molar-refractivity contribution in [3.63, 3.8) is 0 Å². The molecule has 0 saturated heterocycles. The van der Waals surface area contributed by atoms with Gasteiger partial charge in [0.25, 0.3) is 5.91 Å². The topological polar surface area (TPSA) is 108 Å². The second-order valence-corrected chi connectivity index (χ2v) is 9.48. The van der Waals surface area contributed by atoms with Crippen LogP contribution in [0.3, 0.4) is 0 Å². The van der Waals surface area contributed by atoms with Gasteiger partial charge in [-0.1, -0.05) is 55.5 Å². The predicted molar refractivity (Wildman–Crippen MR) is 136 cm³/mol. The van der Waals surface area contributed by atoms with Crippen molar-refractivity contribution in [3.05, 3.63) is 65.2 Å². The van der Waals surface area contributed by atoms with E-state index >= 15 is 0 Å². The van der Waals surface area contributed by atoms with Gasteiger partial charge < -0.3 is 25.4 Å². The Hall–Kier alpha value is -3.39. The second-order valence-electron chi connectivity index (χ2n) is 9.48. The lowest BCUT2D eigenvalue weighted by Crippen LogP contribution is -2.54. The third-order valence-corrected chi connectivity index (χ3v) is 5.32. The van der Waals surface area contributed by atoms with Crippen molar-refractivity contribution >= 4 is 23.6 Å². The van der Waals surface area contributed by atoms with E-state index in [1.807, 2.05) is 45.0 Å². The zero-order valence-electron chi connectivity index (χ0n) is 21.4. The molecule has 0 radical (unpaired) electrons. The number of nitrogens with one attached hydrogen (secondary N) is 2. The van der Waals surface area contributed by atoms with Crippen LogP contribution >= 0.6 is 0 Å². The summed E-state index contributed by atoms with van der Waals surface area (Å²) in [6.45, 7) is 10.4. The smallest absolute Gasteiger partial charge is 0.408 e. The van der Waals surface area contributed by atoms with E-state index in [0.29, 0.717) is 17.7 Å². The summed E-state index contributed by atoms with van der Waals surface area (Å²) in [4.78, 5) is 41.0. The summed E-state index contributed by atoms with van der Waals surface area (Å²) < 4.78 is 5.25. The Morgan fingerprint density at radius 2 is 1.60 bits per heavy atom. The SMILES string of the molecule is CCCN(C(=O)C(CO)NC(=O)OC(C)(C)C)C(C(=O)Nc1c(C)cccc1C)c1ccccc1. The van der Waals surface area contributed by atoms with Gasteiger partial charge in [0, 0.05) is 12.2 Å². The van der Waals surface area contributed by atoms with Crippen LogP contribution in [0.15, 0.2) is 48.5 Å². The van der Waals surface area contributed by atoms with E-state index in [1.165, 1.54) is 4.90 Å². The second kappa shape index (κ2) is 12.4. The summed E-state index contributed by atoms with van der Waals surface area (Å²) in [5.41, 5.74) is 2.34. The molecule has 2 rings (SSSR count). The first kappa shape index (κ1) is 27.9. The number of ether oxygens (including phenoxy) is 1. The summed E-state index contributed by atoms with van der Waals surface area (Å²) in [7, 11) is 0. The maximum atomic E-state index is 13.7. The number of nitrogens with zero attached hydrogens (tertiary/aromatic N) is 1. The van der Waals surface area contributed by atoms with Crippen molar-refractivity contribution in [1.29, 1.82) is 0 Å². The van der Waals surface area contributed by atoms with Crippen LogP contribution in [0.4, 0.5) is 10.5 Å². The number of para-hydroxylation sites is 1. The third kappa shape index (κ3) is 7.82. The number of aliphatic hydroxyl groups excluding tert-OH is 1. The molecule has 8 heteroatoms. The van der Waals surface area contributed by atoms with Crippen LogP contribution in [0, 0.1) is 13.8 Å². The molecule has 2 aromatic rings. The first-order chi connectivity index (χ1) is 16.5. The minimum atomic E-state index is -1.27. The molecule has 0 aliphatic rings. The normalized spacial score (nSPS) is 12.9. The molecule has 0 heterocycles. The molecule has 3 N–H and O–H groups in total. The molecule has 190 valence electrons. The molecule has 2 unspecified atom stereocenters. The summed E-state index contributed by atoms with van der Waals surface area (Å²) in [5.74, 6) is -0.963. The van der Waals surface area contributed by atoms with Gasteiger partial charge in [0.1, 0.15) is 17.7 Å². The van der Waals surface area contributed by atoms with Crippen molar-refractivity contribution in [2.24, 2.45) is 0 Å². The molecule has 0 fully saturated rings. The van der Waals surface area contributed by atoms with E-state index in [4.69, 9.17) is 4.74 Å². The van der Waals surface area contributed by atoms with Crippen LogP contribution in [-0.2, 0) is 14.3 Å². The highest BCUT2D eigenvalue weighted by Gasteiger charge is 2.36. The maximum Gasteiger partial charge on any atom is 0.408 e. The fourth-order valence-electron chi connectivity index (χ4n) is 3.75. The number of hydrogen-bond donors (Lipinski definition) is 3. The average molecular weight is 484 g/mol. The number of alkyl carbamates (subject to hydrolysis) is 1. The van der Waals surface area contributed by atoms with Crippen LogP contribution < -0.4 is 10.6 Å². The van der Waals surface area contributed by atoms with E-state index < -0.39 is 36.3 Å². The third-order valence-electron chi connectivity index (χ3n) is 5.32. The monoisotopic (exact) mass is 483 g/mol. The van der Waals surface area contributed by atoms with Crippen molar-refractivity contribution in [3.8, 4) is 0 Å². The van der Waals surface area contributed by atoms with E-state index in [9.17, 15) is 19.5 Å². The van der Waals surface area contributed by atoms with Gasteiger partial charge in [0.15, 0.2) is 0 Å². The van der Waals surface area contributed by atoms with Crippen LogP contribution in [0.5, 0.6) is 0 Å². The van der Waals surface area contributed by atoms with Gasteiger partial charge in [-0.2, -0.15) is 0 Å². The molecule has 8 nitrogen and oxygen atoms in total. The Morgan fingerprint density at radius 1 is 1.00 bits per heavy atom. The molecule has 0 spiro atoms. The quantitative estimate of drug-likeness (QED) is 0.498. The van der Waals surface area contributed by atoms with Crippen molar-refractivity contribution in [1.82, 2.24) is 10.2 Å². The zero-order chi connectivity index (χ0) is 26.2. The fraction of sp³-hybridized carbons (Fsp3) is 0.444. The van der Waals surface area contributed by atoms with E-state index in [0.717, 1.165) is 11.1 Å². The molecule has 2 atom stereocenters. The van der Waals surface area contributed by atoms with E-state index in [-0.39, 0.29) is 12.5 Å². The summed E-state index contributed by atoms with van der Waals surface area (Å²) in [6.07, 6.45) is -0.256. The van der Waals surface area contributed by atoms with E-state index in [1.54, 1.807) is 45.0 Å². The number of hydrogen-bond acceptors (Lipinski definition) is 5. The largest absolute Gasteiger partial charge is 0.444 e. The van der Waals surface area contributed by atoms with Crippen molar-refractivity contribution in [2.75, 3.05) is 18.5 Å². The Bertz CT molecular complexity index is 997. The highest BCUT2D eigenvalue weighted by atomic mass is 16.6. The molecule has 2 aromatic carbocycles. The van der Waals surface area contributed by atoms with Crippen LogP contribution in [0.1, 0.15) is 56.8 Å². The van der Waals surface area contributed by atoms with Crippen LogP contribution in [-0.4, -0.2) is 52.7 Å². The fourth-order valence-corrected chi connectivity index (χ4v) is 3.75. The number of benzene rings is 2. The minimum Gasteiger partial charge on any atom is -0.444 e. The Labute approximate surface area is 207 Å². The summed E-state index contributed by atoms with van der Waals surface area (Å²) in [6, 6.07) is 12.5. The zero-order valence-corrected chi connectivity index (χ0v) is 21.4. The lowest BCUT2D eigenvalue weighted by Gasteiger charge is -2.34. The number of rotatable bonds is 9. The van der Waals surface area contributed by atoms with Gasteiger partial charge in [0.05, 0.1) is 6.61 Å². The van der Waals surface area contributed by atoms with Crippen molar-refractivity contribution < 1.29 is 24.2 Å². The Kier molecular flexibility index (Phi) is 9.83. The molecule has 35 heavy (non-hydrogen) atoms. The predicted octanol–water partition coefficient (Wildman–Crippen LogP) is 4.11. The molecule has 0 aliphatic heterocycles. The molecule has 0 aromatic heterocycles. The van der Waals surface area contributed by atoms with Gasteiger partial charge >= 0.3 is 6.09 Å². The van der Waals surface area contributed by atoms with Gasteiger partial charge in [-0.3, -0.25) is 9.59 Å². The van der Waals surface area contributed by atoms with Crippen LogP contribution in [0.25, 0.3) is 0 Å². The first-order valence-corrected chi connectivity index (χ1v) is 11.8. The van der Waals surface area contributed by atoms with Crippen LogP contribution in [0.2, 0.25) is 0 Å². The number of carbonyl (C=O) groups is 3. The van der Waals surface area contributed by atoms with Gasteiger partial charge in [0.2, 0.25) is 5.91 Å². The van der Waals surface area contributed by atoms with Gasteiger partial charge in [-0.15, -0.1) is 0 Å². The molecule has 0 saturated carbocycles. The van der Waals surface area contributed by atoms with Gasteiger partial charge in [-0.05, 0) is 57.7 Å². The summed E-state index contributed by atoms with van der Waals surface area (Å²) >= 11 is 0. The molecule has 0 aliphatic carbocycles. The molecular formula is C27H37N3O5. The first-order valence-electron chi connectivity index (χ1n) is 11.8. The highest BCUT2D eigenvalue weighted by molar-refractivity contribution is 5.99. The number of amides is 3. The van der Waals surface area contributed by atoms with Crippen molar-refractivity contribution in [2.45, 2.75) is 65.6 Å². The number of carbonyl (C=O) groups excluding carboxylic acids is 3. The summed E-state index contributed by atoms with van der Waals surface area (Å²) in [5, 5.41) is 15.4. The number of aliphatic hydroxyl groups is 1. The number of aryl methyl sites for hydroxylation is 2. The Balaban J connectivity index is 2.43. The maximum absolute atomic E-state index is 13.7. The highest BCUT2D eigenvalue weighted by Crippen LogP contribution is 2.27. The number of anilines is 1. The van der Waals surface area contributed by atoms with E-state index in [2.05, 4.69) is 10.6 Å². The lowest BCUT2D eigenvalue weighted by atomic mass is 10.0. The molecule has 3 amide bonds. The standard InChI is InChI=1S/C27H37N3O5/c1-7-16-30(25(33)21(17-31)28-26(34)35-27(4,5)6)23(20-14-9-8-10-15-20)24(32)29-22-18(2)12-11-13-19(22)3/h8-15,21,23,31H,7,16-17H2,1-6H3,(H,28,34)(H,29,32). The lowest BCUT2D eigenvalue weighted by molar-refractivity contribution is -0.141. The van der Waals surface area contributed by atoms with Gasteiger partial charge in [-0.25, -0.2) is 4.79 Å². The minimum absolute atomic E-state index is 0.241. The average Bonchev–Trinajstić information content (AvgIpc) is 2.78. The molecular weight excluding hydrogens is 446 g/mol. The molecule has 0 bridgehead atoms. The Morgan fingerprint density at radius 3 is 2.11 bits per heavy atom.